The zero-order valence-electron chi connectivity index (χ0n) is 12.2. The molecule has 6 heteroatoms. The van der Waals surface area contributed by atoms with E-state index < -0.39 is 0 Å². The van der Waals surface area contributed by atoms with Gasteiger partial charge in [0.05, 0.1) is 11.7 Å². The fraction of sp³-hybridized carbons (Fsp3) is 0.643. The molecule has 0 bridgehead atoms. The molecule has 0 aliphatic carbocycles. The SMILES string of the molecule is CC(C)(C)[C@@H](c1ccc(Br)cn1)N1CCNCC1.Cl.Cl. The van der Waals surface area contributed by atoms with E-state index in [2.05, 4.69) is 64.0 Å². The standard InChI is InChI=1S/C14H22BrN3.2ClH/c1-14(2,3)13(18-8-6-16-7-9-18)12-5-4-11(15)10-17-12;;/h4-5,10,13,16H,6-9H2,1-3H3;2*1H/t13-;;/m1../s1. The topological polar surface area (TPSA) is 28.2 Å². The second-order valence-corrected chi connectivity index (χ2v) is 6.87. The summed E-state index contributed by atoms with van der Waals surface area (Å²) in [6.07, 6.45) is 1.90. The van der Waals surface area contributed by atoms with Gasteiger partial charge >= 0.3 is 0 Å². The van der Waals surface area contributed by atoms with Crippen molar-refractivity contribution in [2.24, 2.45) is 5.41 Å². The van der Waals surface area contributed by atoms with Crippen molar-refractivity contribution < 1.29 is 0 Å². The first kappa shape index (κ1) is 20.1. The van der Waals surface area contributed by atoms with Crippen LogP contribution in [0.25, 0.3) is 0 Å². The number of rotatable bonds is 2. The predicted octanol–water partition coefficient (Wildman–Crippen LogP) is 3.68. The molecule has 116 valence electrons. The molecular weight excluding hydrogens is 361 g/mol. The molecule has 0 amide bonds. The molecule has 1 aliphatic heterocycles. The van der Waals surface area contributed by atoms with Gasteiger partial charge in [-0.25, -0.2) is 0 Å². The average molecular weight is 385 g/mol. The van der Waals surface area contributed by atoms with Gasteiger partial charge in [0, 0.05) is 36.8 Å². The third-order valence-corrected chi connectivity index (χ3v) is 3.84. The monoisotopic (exact) mass is 383 g/mol. The van der Waals surface area contributed by atoms with Gasteiger partial charge in [-0.2, -0.15) is 0 Å². The maximum Gasteiger partial charge on any atom is 0.0581 e. The molecule has 1 aromatic rings. The number of aromatic nitrogens is 1. The van der Waals surface area contributed by atoms with Gasteiger partial charge in [-0.1, -0.05) is 20.8 Å². The van der Waals surface area contributed by atoms with Crippen LogP contribution in [0.5, 0.6) is 0 Å². The van der Waals surface area contributed by atoms with Crippen LogP contribution in [0.3, 0.4) is 0 Å². The Morgan fingerprint density at radius 2 is 1.80 bits per heavy atom. The van der Waals surface area contributed by atoms with Crippen LogP contribution in [0.2, 0.25) is 0 Å². The van der Waals surface area contributed by atoms with E-state index in [0.29, 0.717) is 6.04 Å². The van der Waals surface area contributed by atoms with Gasteiger partial charge in [0.25, 0.3) is 0 Å². The van der Waals surface area contributed by atoms with Crippen LogP contribution in [0, 0.1) is 5.41 Å². The van der Waals surface area contributed by atoms with Gasteiger partial charge in [0.1, 0.15) is 0 Å². The van der Waals surface area contributed by atoms with Crippen molar-refractivity contribution in [1.29, 1.82) is 0 Å². The van der Waals surface area contributed by atoms with Crippen molar-refractivity contribution in [3.05, 3.63) is 28.5 Å². The number of hydrogen-bond donors (Lipinski definition) is 1. The summed E-state index contributed by atoms with van der Waals surface area (Å²) in [4.78, 5) is 7.16. The highest BCUT2D eigenvalue weighted by Crippen LogP contribution is 2.37. The summed E-state index contributed by atoms with van der Waals surface area (Å²) in [7, 11) is 0. The van der Waals surface area contributed by atoms with Crippen LogP contribution >= 0.6 is 40.7 Å². The third-order valence-electron chi connectivity index (χ3n) is 3.37. The van der Waals surface area contributed by atoms with E-state index in [0.717, 1.165) is 30.7 Å². The Balaban J connectivity index is 0.00000180. The lowest BCUT2D eigenvalue weighted by Crippen LogP contribution is -2.48. The number of pyridine rings is 1. The largest absolute Gasteiger partial charge is 0.314 e. The van der Waals surface area contributed by atoms with Crippen molar-refractivity contribution in [3.63, 3.8) is 0 Å². The molecule has 0 aromatic carbocycles. The van der Waals surface area contributed by atoms with E-state index in [-0.39, 0.29) is 30.2 Å². The van der Waals surface area contributed by atoms with E-state index in [1.54, 1.807) is 0 Å². The molecule has 1 atom stereocenters. The second kappa shape index (κ2) is 8.54. The van der Waals surface area contributed by atoms with E-state index >= 15 is 0 Å². The number of halogens is 3. The first-order chi connectivity index (χ1) is 8.48. The minimum Gasteiger partial charge on any atom is -0.314 e. The molecule has 20 heavy (non-hydrogen) atoms. The van der Waals surface area contributed by atoms with Gasteiger partial charge in [0.2, 0.25) is 0 Å². The third kappa shape index (κ3) is 5.15. The molecule has 1 aliphatic rings. The van der Waals surface area contributed by atoms with E-state index in [1.165, 1.54) is 5.69 Å². The van der Waals surface area contributed by atoms with E-state index in [4.69, 9.17) is 0 Å². The van der Waals surface area contributed by atoms with Crippen LogP contribution < -0.4 is 5.32 Å². The Hall–Kier alpha value is 0.130. The molecule has 0 saturated carbocycles. The van der Waals surface area contributed by atoms with Crippen LogP contribution in [-0.4, -0.2) is 36.1 Å². The lowest BCUT2D eigenvalue weighted by atomic mass is 9.83. The molecule has 1 N–H and O–H groups in total. The lowest BCUT2D eigenvalue weighted by molar-refractivity contribution is 0.0831. The minimum atomic E-state index is 0. The summed E-state index contributed by atoms with van der Waals surface area (Å²) in [6, 6.07) is 4.61. The molecule has 0 unspecified atom stereocenters. The molecule has 0 spiro atoms. The molecule has 0 radical (unpaired) electrons. The summed E-state index contributed by atoms with van der Waals surface area (Å²) in [6.45, 7) is 11.2. The average Bonchev–Trinajstić information content (AvgIpc) is 2.32. The Kier molecular flexibility index (Phi) is 8.60. The molecular formula is C14H24BrCl2N3. The van der Waals surface area contributed by atoms with E-state index in [9.17, 15) is 0 Å². The van der Waals surface area contributed by atoms with Gasteiger partial charge in [0.15, 0.2) is 0 Å². The Morgan fingerprint density at radius 3 is 2.25 bits per heavy atom. The van der Waals surface area contributed by atoms with Crippen LogP contribution in [-0.2, 0) is 0 Å². The maximum atomic E-state index is 4.61. The van der Waals surface area contributed by atoms with Gasteiger partial charge in [-0.3, -0.25) is 9.88 Å². The van der Waals surface area contributed by atoms with Gasteiger partial charge < -0.3 is 5.32 Å². The number of hydrogen-bond acceptors (Lipinski definition) is 3. The molecule has 3 nitrogen and oxygen atoms in total. The second-order valence-electron chi connectivity index (χ2n) is 5.96. The highest BCUT2D eigenvalue weighted by molar-refractivity contribution is 9.10. The Labute approximate surface area is 142 Å². The highest BCUT2D eigenvalue weighted by Gasteiger charge is 2.33. The van der Waals surface area contributed by atoms with Gasteiger partial charge in [-0.05, 0) is 33.5 Å². The molecule has 2 rings (SSSR count). The van der Waals surface area contributed by atoms with E-state index in [1.807, 2.05) is 6.20 Å². The van der Waals surface area contributed by atoms with Crippen LogP contribution in [0.4, 0.5) is 0 Å². The summed E-state index contributed by atoms with van der Waals surface area (Å²) >= 11 is 3.45. The van der Waals surface area contributed by atoms with Gasteiger partial charge in [-0.15, -0.1) is 24.8 Å². The number of nitrogens with zero attached hydrogens (tertiary/aromatic N) is 2. The minimum absolute atomic E-state index is 0. The zero-order chi connectivity index (χ0) is 13.2. The maximum absolute atomic E-state index is 4.61. The van der Waals surface area contributed by atoms with Crippen molar-refractivity contribution >= 4 is 40.7 Å². The molecule has 2 heterocycles. The zero-order valence-corrected chi connectivity index (χ0v) is 15.4. The first-order valence-corrected chi connectivity index (χ1v) is 7.34. The van der Waals surface area contributed by atoms with Crippen molar-refractivity contribution in [2.45, 2.75) is 26.8 Å². The normalized spacial score (nSPS) is 17.8. The Bertz CT molecular complexity index is 386. The predicted molar refractivity (Wildman–Crippen MR) is 93.1 cm³/mol. The lowest BCUT2D eigenvalue weighted by Gasteiger charge is -2.41. The van der Waals surface area contributed by atoms with Crippen molar-refractivity contribution in [3.8, 4) is 0 Å². The Morgan fingerprint density at radius 1 is 1.20 bits per heavy atom. The number of piperazine rings is 1. The first-order valence-electron chi connectivity index (χ1n) is 6.55. The molecule has 1 fully saturated rings. The van der Waals surface area contributed by atoms with Crippen molar-refractivity contribution in [2.75, 3.05) is 26.2 Å². The smallest absolute Gasteiger partial charge is 0.0581 e. The summed E-state index contributed by atoms with van der Waals surface area (Å²) in [5, 5.41) is 3.41. The summed E-state index contributed by atoms with van der Waals surface area (Å²) in [5.41, 5.74) is 1.37. The summed E-state index contributed by atoms with van der Waals surface area (Å²) in [5.74, 6) is 0. The summed E-state index contributed by atoms with van der Waals surface area (Å²) < 4.78 is 1.04. The van der Waals surface area contributed by atoms with Crippen LogP contribution in [0.15, 0.2) is 22.8 Å². The quantitative estimate of drug-likeness (QED) is 0.842. The fourth-order valence-corrected chi connectivity index (χ4v) is 2.90. The van der Waals surface area contributed by atoms with Crippen LogP contribution in [0.1, 0.15) is 32.5 Å². The van der Waals surface area contributed by atoms with Crippen molar-refractivity contribution in [1.82, 2.24) is 15.2 Å². The molecule has 1 saturated heterocycles. The highest BCUT2D eigenvalue weighted by atomic mass is 79.9. The number of nitrogens with one attached hydrogen (secondary N) is 1. The fourth-order valence-electron chi connectivity index (χ4n) is 2.67. The molecule has 1 aromatic heterocycles.